The highest BCUT2D eigenvalue weighted by molar-refractivity contribution is 5.79. The first kappa shape index (κ1) is 28.9. The van der Waals surface area contributed by atoms with Gasteiger partial charge in [-0.1, -0.05) is 41.5 Å². The Morgan fingerprint density at radius 1 is 0.788 bits per heavy atom. The Hall–Kier alpha value is -2.16. The first-order valence-electron chi connectivity index (χ1n) is 11.3. The van der Waals surface area contributed by atoms with Crippen molar-refractivity contribution in [2.75, 3.05) is 13.2 Å². The number of hydrogen-bond acceptors (Lipinski definition) is 7. The molecular formula is C24H40O9. The molecule has 1 aliphatic rings. The van der Waals surface area contributed by atoms with Gasteiger partial charge in [0.2, 0.25) is 0 Å². The maximum Gasteiger partial charge on any atom is 0.312 e. The predicted octanol–water partition coefficient (Wildman–Crippen LogP) is 3.12. The van der Waals surface area contributed by atoms with E-state index in [0.717, 1.165) is 0 Å². The molecule has 0 saturated heterocycles. The fourth-order valence-corrected chi connectivity index (χ4v) is 4.29. The second-order valence-corrected chi connectivity index (χ2v) is 11.7. The minimum absolute atomic E-state index is 0.0141. The zero-order chi connectivity index (χ0) is 25.8. The summed E-state index contributed by atoms with van der Waals surface area (Å²) >= 11 is 0. The van der Waals surface area contributed by atoms with Gasteiger partial charge >= 0.3 is 23.9 Å². The van der Waals surface area contributed by atoms with Crippen LogP contribution in [0.5, 0.6) is 0 Å². The molecule has 0 bridgehead atoms. The van der Waals surface area contributed by atoms with Gasteiger partial charge in [-0.2, -0.15) is 0 Å². The Kier molecular flexibility index (Phi) is 9.49. The lowest BCUT2D eigenvalue weighted by Crippen LogP contribution is -2.45. The van der Waals surface area contributed by atoms with Crippen molar-refractivity contribution in [1.82, 2.24) is 0 Å². The molecule has 0 aromatic heterocycles. The molecule has 190 valence electrons. The van der Waals surface area contributed by atoms with Crippen LogP contribution >= 0.6 is 0 Å². The van der Waals surface area contributed by atoms with Crippen molar-refractivity contribution in [2.24, 2.45) is 34.0 Å². The van der Waals surface area contributed by atoms with Gasteiger partial charge in [-0.3, -0.25) is 19.2 Å². The van der Waals surface area contributed by atoms with Crippen LogP contribution in [0.15, 0.2) is 0 Å². The predicted molar refractivity (Wildman–Crippen MR) is 119 cm³/mol. The number of carboxylic acid groups (broad SMARTS) is 2. The van der Waals surface area contributed by atoms with E-state index in [9.17, 15) is 34.5 Å². The molecule has 0 aliphatic heterocycles. The standard InChI is InChI=1S/C24H40O9/c1-22(2,3)13-24(7,23(4,5)6)21(31)33-12-17(25)11-32-20(30)16-9-14(18(26)27)8-15(10-16)19(28)29/h14-17,25H,8-13H2,1-7H3,(H,26,27)(H,28,29). The van der Waals surface area contributed by atoms with Crippen LogP contribution in [-0.2, 0) is 28.7 Å². The van der Waals surface area contributed by atoms with Crippen molar-refractivity contribution in [1.29, 1.82) is 0 Å². The van der Waals surface area contributed by atoms with Gasteiger partial charge < -0.3 is 24.8 Å². The lowest BCUT2D eigenvalue weighted by Gasteiger charge is -2.43. The summed E-state index contributed by atoms with van der Waals surface area (Å²) in [7, 11) is 0. The third-order valence-electron chi connectivity index (χ3n) is 6.55. The summed E-state index contributed by atoms with van der Waals surface area (Å²) in [4.78, 5) is 47.9. The SMILES string of the molecule is CC(C)(C)CC(C)(C(=O)OCC(O)COC(=O)C1CC(C(=O)O)CC(C(=O)O)C1)C(C)(C)C. The van der Waals surface area contributed by atoms with Crippen LogP contribution in [0.4, 0.5) is 0 Å². The number of aliphatic carboxylic acids is 2. The van der Waals surface area contributed by atoms with E-state index in [-0.39, 0.29) is 31.3 Å². The molecule has 0 aromatic rings. The minimum atomic E-state index is -1.26. The Balaban J connectivity index is 2.67. The number of carbonyl (C=O) groups is 4. The summed E-state index contributed by atoms with van der Waals surface area (Å²) in [6.45, 7) is 13.0. The Morgan fingerprint density at radius 3 is 1.61 bits per heavy atom. The van der Waals surface area contributed by atoms with E-state index in [1.807, 2.05) is 48.5 Å². The van der Waals surface area contributed by atoms with Crippen molar-refractivity contribution >= 4 is 23.9 Å². The number of carbonyl (C=O) groups excluding carboxylic acids is 2. The normalized spacial score (nSPS) is 24.3. The average Bonchev–Trinajstić information content (AvgIpc) is 2.67. The maximum atomic E-state index is 12.9. The highest BCUT2D eigenvalue weighted by Gasteiger charge is 2.48. The van der Waals surface area contributed by atoms with Crippen molar-refractivity contribution in [3.63, 3.8) is 0 Å². The summed E-state index contributed by atoms with van der Waals surface area (Å²) < 4.78 is 10.5. The van der Waals surface area contributed by atoms with Crippen LogP contribution in [0.3, 0.4) is 0 Å². The van der Waals surface area contributed by atoms with E-state index in [1.54, 1.807) is 0 Å². The van der Waals surface area contributed by atoms with Crippen LogP contribution in [0.25, 0.3) is 0 Å². The number of ether oxygens (including phenoxy) is 2. The number of rotatable bonds is 9. The molecule has 0 spiro atoms. The highest BCUT2D eigenvalue weighted by atomic mass is 16.6. The largest absolute Gasteiger partial charge is 0.481 e. The van der Waals surface area contributed by atoms with E-state index in [1.165, 1.54) is 0 Å². The molecule has 0 radical (unpaired) electrons. The van der Waals surface area contributed by atoms with Gasteiger partial charge in [-0.15, -0.1) is 0 Å². The third-order valence-corrected chi connectivity index (χ3v) is 6.55. The monoisotopic (exact) mass is 472 g/mol. The maximum absolute atomic E-state index is 12.9. The molecule has 0 heterocycles. The smallest absolute Gasteiger partial charge is 0.312 e. The molecule has 1 aliphatic carbocycles. The average molecular weight is 473 g/mol. The number of carboxylic acids is 2. The van der Waals surface area contributed by atoms with Crippen LogP contribution < -0.4 is 0 Å². The molecule has 1 rings (SSSR count). The van der Waals surface area contributed by atoms with Gasteiger partial charge in [0.1, 0.15) is 19.3 Å². The molecule has 33 heavy (non-hydrogen) atoms. The van der Waals surface area contributed by atoms with Crippen LogP contribution in [0.2, 0.25) is 0 Å². The van der Waals surface area contributed by atoms with Crippen LogP contribution in [0, 0.1) is 34.0 Å². The molecule has 3 N–H and O–H groups in total. The van der Waals surface area contributed by atoms with Crippen molar-refractivity contribution in [3.05, 3.63) is 0 Å². The van der Waals surface area contributed by atoms with E-state index in [2.05, 4.69) is 0 Å². The molecule has 1 saturated carbocycles. The van der Waals surface area contributed by atoms with E-state index >= 15 is 0 Å². The lowest BCUT2D eigenvalue weighted by atomic mass is 9.61. The summed E-state index contributed by atoms with van der Waals surface area (Å²) in [5.74, 6) is -6.28. The zero-order valence-electron chi connectivity index (χ0n) is 20.8. The van der Waals surface area contributed by atoms with Gasteiger partial charge in [0.05, 0.1) is 23.2 Å². The molecule has 4 atom stereocenters. The molecule has 1 fully saturated rings. The number of esters is 2. The Labute approximate surface area is 195 Å². The minimum Gasteiger partial charge on any atom is -0.481 e. The lowest BCUT2D eigenvalue weighted by molar-refractivity contribution is -0.170. The fraction of sp³-hybridized carbons (Fsp3) is 0.833. The molecule has 0 amide bonds. The molecule has 0 aromatic carbocycles. The van der Waals surface area contributed by atoms with Crippen molar-refractivity contribution in [2.45, 2.75) is 80.3 Å². The summed E-state index contributed by atoms with van der Waals surface area (Å²) in [5.41, 5.74) is -1.32. The quantitative estimate of drug-likeness (QED) is 0.430. The Bertz CT molecular complexity index is 709. The number of aliphatic hydroxyl groups excluding tert-OH is 1. The third kappa shape index (κ3) is 8.28. The van der Waals surface area contributed by atoms with Gasteiger partial charge in [0, 0.05) is 0 Å². The van der Waals surface area contributed by atoms with E-state index in [4.69, 9.17) is 9.47 Å². The first-order chi connectivity index (χ1) is 14.9. The van der Waals surface area contributed by atoms with E-state index < -0.39 is 65.2 Å². The topological polar surface area (TPSA) is 147 Å². The van der Waals surface area contributed by atoms with Gasteiger partial charge in [0.25, 0.3) is 0 Å². The van der Waals surface area contributed by atoms with Gasteiger partial charge in [-0.05, 0) is 43.4 Å². The molecular weight excluding hydrogens is 432 g/mol. The molecule has 4 unspecified atom stereocenters. The summed E-state index contributed by atoms with van der Waals surface area (Å²) in [6, 6.07) is 0. The van der Waals surface area contributed by atoms with E-state index in [0.29, 0.717) is 6.42 Å². The first-order valence-corrected chi connectivity index (χ1v) is 11.3. The van der Waals surface area contributed by atoms with Crippen LogP contribution in [0.1, 0.15) is 74.1 Å². The zero-order valence-corrected chi connectivity index (χ0v) is 20.8. The van der Waals surface area contributed by atoms with Gasteiger partial charge in [-0.25, -0.2) is 0 Å². The second kappa shape index (κ2) is 10.8. The number of hydrogen-bond donors (Lipinski definition) is 3. The Morgan fingerprint density at radius 2 is 1.21 bits per heavy atom. The fourth-order valence-electron chi connectivity index (χ4n) is 4.29. The van der Waals surface area contributed by atoms with Gasteiger partial charge in [0.15, 0.2) is 0 Å². The second-order valence-electron chi connectivity index (χ2n) is 11.7. The highest BCUT2D eigenvalue weighted by Crippen LogP contribution is 2.47. The van der Waals surface area contributed by atoms with Crippen molar-refractivity contribution in [3.8, 4) is 0 Å². The number of aliphatic hydroxyl groups is 1. The summed E-state index contributed by atoms with van der Waals surface area (Å²) in [6.07, 6.45) is -0.746. The van der Waals surface area contributed by atoms with Crippen molar-refractivity contribution < 1.29 is 44.0 Å². The van der Waals surface area contributed by atoms with Crippen LogP contribution in [-0.4, -0.2) is 58.5 Å². The molecule has 9 heteroatoms. The molecule has 9 nitrogen and oxygen atoms in total. The summed E-state index contributed by atoms with van der Waals surface area (Å²) in [5, 5.41) is 28.7.